The van der Waals surface area contributed by atoms with E-state index in [1.54, 1.807) is 6.33 Å². The van der Waals surface area contributed by atoms with Gasteiger partial charge in [0.2, 0.25) is 0 Å². The maximum atomic E-state index is 5.44. The van der Waals surface area contributed by atoms with Gasteiger partial charge in [0.05, 0.1) is 19.3 Å². The first-order valence-corrected chi connectivity index (χ1v) is 9.11. The van der Waals surface area contributed by atoms with Crippen LogP contribution < -0.4 is 14.7 Å². The number of hydrogen-bond donors (Lipinski definition) is 0. The third kappa shape index (κ3) is 2.70. The summed E-state index contributed by atoms with van der Waals surface area (Å²) in [5, 5.41) is 0. The van der Waals surface area contributed by atoms with Crippen LogP contribution in [0, 0.1) is 0 Å². The van der Waals surface area contributed by atoms with E-state index in [2.05, 4.69) is 61.1 Å². The van der Waals surface area contributed by atoms with Crippen LogP contribution in [0.4, 0.5) is 17.3 Å². The van der Waals surface area contributed by atoms with E-state index in [1.807, 2.05) is 0 Å². The normalized spacial score (nSPS) is 25.7. The second-order valence-corrected chi connectivity index (χ2v) is 7.02. The van der Waals surface area contributed by atoms with Crippen LogP contribution in [0.1, 0.15) is 6.42 Å². The predicted octanol–water partition coefficient (Wildman–Crippen LogP) is 1.78. The van der Waals surface area contributed by atoms with Gasteiger partial charge in [-0.05, 0) is 18.6 Å². The molecule has 130 valence electrons. The summed E-state index contributed by atoms with van der Waals surface area (Å²) in [5.41, 5.74) is 1.34. The molecular formula is C19H23N5O. The van der Waals surface area contributed by atoms with Crippen LogP contribution >= 0.6 is 0 Å². The molecule has 1 aromatic heterocycles. The number of aromatic nitrogens is 2. The molecule has 0 aliphatic carbocycles. The topological polar surface area (TPSA) is 44.7 Å². The highest BCUT2D eigenvalue weighted by Gasteiger charge is 2.43. The number of piperazine rings is 1. The van der Waals surface area contributed by atoms with Gasteiger partial charge < -0.3 is 19.4 Å². The Morgan fingerprint density at radius 2 is 1.60 bits per heavy atom. The van der Waals surface area contributed by atoms with Crippen molar-refractivity contribution in [3.8, 4) is 0 Å². The Labute approximate surface area is 148 Å². The summed E-state index contributed by atoms with van der Waals surface area (Å²) in [4.78, 5) is 16.4. The molecule has 0 amide bonds. The Hall–Kier alpha value is -2.34. The van der Waals surface area contributed by atoms with Crippen LogP contribution in [0.5, 0.6) is 0 Å². The van der Waals surface area contributed by atoms with Gasteiger partial charge in [0, 0.05) is 44.0 Å². The quantitative estimate of drug-likeness (QED) is 0.851. The zero-order valence-electron chi connectivity index (χ0n) is 14.3. The van der Waals surface area contributed by atoms with E-state index in [0.29, 0.717) is 12.1 Å². The van der Waals surface area contributed by atoms with E-state index >= 15 is 0 Å². The molecule has 5 rings (SSSR count). The maximum Gasteiger partial charge on any atom is 0.134 e. The van der Waals surface area contributed by atoms with E-state index in [-0.39, 0.29) is 0 Å². The molecule has 2 bridgehead atoms. The first-order chi connectivity index (χ1) is 12.4. The number of rotatable bonds is 3. The fourth-order valence-electron chi connectivity index (χ4n) is 4.34. The number of para-hydroxylation sites is 1. The third-order valence-electron chi connectivity index (χ3n) is 5.60. The summed E-state index contributed by atoms with van der Waals surface area (Å²) in [6, 6.07) is 14.0. The van der Waals surface area contributed by atoms with Crippen molar-refractivity contribution in [2.75, 3.05) is 54.1 Å². The minimum absolute atomic E-state index is 0.539. The zero-order valence-corrected chi connectivity index (χ0v) is 14.3. The molecule has 0 radical (unpaired) electrons. The molecule has 6 nitrogen and oxygen atoms in total. The number of nitrogens with zero attached hydrogens (tertiary/aromatic N) is 5. The smallest absolute Gasteiger partial charge is 0.134 e. The molecule has 0 saturated carbocycles. The van der Waals surface area contributed by atoms with Gasteiger partial charge in [-0.25, -0.2) is 9.97 Å². The van der Waals surface area contributed by atoms with Crippen molar-refractivity contribution < 1.29 is 4.74 Å². The molecule has 0 unspecified atom stereocenters. The highest BCUT2D eigenvalue weighted by molar-refractivity contribution is 5.57. The lowest BCUT2D eigenvalue weighted by Crippen LogP contribution is -2.47. The Kier molecular flexibility index (Phi) is 3.70. The van der Waals surface area contributed by atoms with Crippen LogP contribution in [0.3, 0.4) is 0 Å². The Balaban J connectivity index is 1.33. The molecule has 25 heavy (non-hydrogen) atoms. The lowest BCUT2D eigenvalue weighted by atomic mass is 10.2. The molecule has 3 aliphatic rings. The fraction of sp³-hybridized carbons (Fsp3) is 0.474. The van der Waals surface area contributed by atoms with E-state index < -0.39 is 0 Å². The summed E-state index contributed by atoms with van der Waals surface area (Å²) in [7, 11) is 0. The van der Waals surface area contributed by atoms with Gasteiger partial charge in [-0.15, -0.1) is 0 Å². The average Bonchev–Trinajstić information content (AvgIpc) is 3.30. The van der Waals surface area contributed by atoms with Crippen molar-refractivity contribution in [1.29, 1.82) is 0 Å². The van der Waals surface area contributed by atoms with E-state index in [4.69, 9.17) is 4.74 Å². The van der Waals surface area contributed by atoms with Crippen molar-refractivity contribution in [3.63, 3.8) is 0 Å². The summed E-state index contributed by atoms with van der Waals surface area (Å²) < 4.78 is 5.44. The van der Waals surface area contributed by atoms with Crippen molar-refractivity contribution in [3.05, 3.63) is 42.7 Å². The lowest BCUT2D eigenvalue weighted by Gasteiger charge is -2.36. The Bertz CT molecular complexity index is 734. The molecule has 3 aliphatic heterocycles. The Morgan fingerprint density at radius 1 is 0.880 bits per heavy atom. The van der Waals surface area contributed by atoms with Gasteiger partial charge in [-0.2, -0.15) is 0 Å². The Morgan fingerprint density at radius 3 is 2.36 bits per heavy atom. The summed E-state index contributed by atoms with van der Waals surface area (Å²) in [5.74, 6) is 2.09. The average molecular weight is 337 g/mol. The molecule has 0 N–H and O–H groups in total. The number of benzene rings is 1. The zero-order chi connectivity index (χ0) is 16.6. The van der Waals surface area contributed by atoms with Gasteiger partial charge in [0.15, 0.2) is 0 Å². The van der Waals surface area contributed by atoms with Crippen LogP contribution in [0.2, 0.25) is 0 Å². The first kappa shape index (κ1) is 15.0. The molecule has 1 aromatic carbocycles. The molecule has 3 fully saturated rings. The van der Waals surface area contributed by atoms with Gasteiger partial charge in [-0.3, -0.25) is 0 Å². The molecular weight excluding hydrogens is 314 g/mol. The van der Waals surface area contributed by atoms with Crippen molar-refractivity contribution in [2.24, 2.45) is 0 Å². The number of hydrogen-bond acceptors (Lipinski definition) is 6. The molecule has 4 heterocycles. The minimum atomic E-state index is 0.539. The second kappa shape index (κ2) is 6.19. The fourth-order valence-corrected chi connectivity index (χ4v) is 4.34. The van der Waals surface area contributed by atoms with Crippen LogP contribution in [-0.2, 0) is 4.74 Å². The standard InChI is InChI=1S/C19H23N5O/c1-2-4-15(5-3-1)23-12-17-10-16(23)13-24(17)19-11-18(20-14-21-19)22-6-8-25-9-7-22/h1-5,11,14,16-17H,6-10,12-13H2/t16-,17-/m1/s1. The predicted molar refractivity (Wildman–Crippen MR) is 98.4 cm³/mol. The van der Waals surface area contributed by atoms with Gasteiger partial charge >= 0.3 is 0 Å². The van der Waals surface area contributed by atoms with Crippen LogP contribution in [-0.4, -0.2) is 61.4 Å². The van der Waals surface area contributed by atoms with Crippen molar-refractivity contribution in [2.45, 2.75) is 18.5 Å². The lowest BCUT2D eigenvalue weighted by molar-refractivity contribution is 0.122. The van der Waals surface area contributed by atoms with Gasteiger partial charge in [-0.1, -0.05) is 18.2 Å². The van der Waals surface area contributed by atoms with Crippen molar-refractivity contribution in [1.82, 2.24) is 9.97 Å². The molecule has 2 atom stereocenters. The molecule has 3 saturated heterocycles. The summed E-state index contributed by atoms with van der Waals surface area (Å²) in [6.07, 6.45) is 2.92. The van der Waals surface area contributed by atoms with Crippen LogP contribution in [0.15, 0.2) is 42.7 Å². The maximum absolute atomic E-state index is 5.44. The highest BCUT2D eigenvalue weighted by atomic mass is 16.5. The minimum Gasteiger partial charge on any atom is -0.378 e. The van der Waals surface area contributed by atoms with E-state index in [0.717, 1.165) is 51.0 Å². The van der Waals surface area contributed by atoms with Gasteiger partial charge in [0.1, 0.15) is 18.0 Å². The first-order valence-electron chi connectivity index (χ1n) is 9.11. The number of anilines is 3. The number of morpholine rings is 1. The highest BCUT2D eigenvalue weighted by Crippen LogP contribution is 2.37. The van der Waals surface area contributed by atoms with E-state index in [9.17, 15) is 0 Å². The van der Waals surface area contributed by atoms with Gasteiger partial charge in [0.25, 0.3) is 0 Å². The summed E-state index contributed by atoms with van der Waals surface area (Å²) >= 11 is 0. The molecule has 6 heteroatoms. The third-order valence-corrected chi connectivity index (χ3v) is 5.60. The number of fused-ring (bicyclic) bond motifs is 2. The number of ether oxygens (including phenoxy) is 1. The second-order valence-electron chi connectivity index (χ2n) is 7.02. The molecule has 0 spiro atoms. The van der Waals surface area contributed by atoms with Crippen LogP contribution in [0.25, 0.3) is 0 Å². The van der Waals surface area contributed by atoms with Crippen molar-refractivity contribution >= 4 is 17.3 Å². The summed E-state index contributed by atoms with van der Waals surface area (Å²) in [6.45, 7) is 5.48. The SMILES string of the molecule is c1ccc(N2C[C@H]3C[C@@H]2CN3c2cc(N3CCOCC3)ncn2)cc1. The monoisotopic (exact) mass is 337 g/mol. The van der Waals surface area contributed by atoms with E-state index in [1.165, 1.54) is 12.1 Å². The molecule has 2 aromatic rings. The largest absolute Gasteiger partial charge is 0.378 e.